The summed E-state index contributed by atoms with van der Waals surface area (Å²) in [6.07, 6.45) is 4.49. The molecule has 0 saturated heterocycles. The average Bonchev–Trinajstić information content (AvgIpc) is 2.60. The van der Waals surface area contributed by atoms with E-state index >= 15 is 0 Å². The zero-order valence-corrected chi connectivity index (χ0v) is 9.93. The first-order chi connectivity index (χ1) is 7.13. The minimum absolute atomic E-state index is 0.141. The zero-order chi connectivity index (χ0) is 11.3. The van der Waals surface area contributed by atoms with Crippen LogP contribution in [-0.4, -0.2) is 16.9 Å². The van der Waals surface area contributed by atoms with Gasteiger partial charge in [0.1, 0.15) is 0 Å². The van der Waals surface area contributed by atoms with Gasteiger partial charge in [-0.1, -0.05) is 19.8 Å². The van der Waals surface area contributed by atoms with Crippen LogP contribution in [0.2, 0.25) is 0 Å². The summed E-state index contributed by atoms with van der Waals surface area (Å²) < 4.78 is 0. The molecular weight excluding hydrogens is 210 g/mol. The van der Waals surface area contributed by atoms with E-state index in [0.717, 1.165) is 24.1 Å². The first-order valence-corrected chi connectivity index (χ1v) is 5.94. The second kappa shape index (κ2) is 5.82. The molecule has 3 N–H and O–H groups in total. The molecule has 0 aliphatic heterocycles. The molecule has 1 rings (SSSR count). The summed E-state index contributed by atoms with van der Waals surface area (Å²) in [5.41, 5.74) is 5.72. The van der Waals surface area contributed by atoms with Crippen LogP contribution in [0.1, 0.15) is 31.1 Å². The molecule has 0 saturated carbocycles. The van der Waals surface area contributed by atoms with E-state index in [1.54, 1.807) is 6.20 Å². The van der Waals surface area contributed by atoms with Crippen LogP contribution in [0.25, 0.3) is 0 Å². The average molecular weight is 227 g/mol. The summed E-state index contributed by atoms with van der Waals surface area (Å²) in [7, 11) is 0. The number of hydrogen-bond donors (Lipinski definition) is 2. The van der Waals surface area contributed by atoms with E-state index < -0.39 is 6.04 Å². The van der Waals surface area contributed by atoms with Crippen molar-refractivity contribution in [3.63, 3.8) is 0 Å². The zero-order valence-electron chi connectivity index (χ0n) is 9.12. The topological polar surface area (TPSA) is 68.0 Å². The van der Waals surface area contributed by atoms with Gasteiger partial charge in [0.2, 0.25) is 5.91 Å². The summed E-state index contributed by atoms with van der Waals surface area (Å²) in [6.45, 7) is 4.03. The Morgan fingerprint density at radius 3 is 3.00 bits per heavy atom. The number of nitrogens with one attached hydrogen (secondary N) is 1. The van der Waals surface area contributed by atoms with Gasteiger partial charge in [-0.3, -0.25) is 4.79 Å². The number of anilines is 1. The molecule has 15 heavy (non-hydrogen) atoms. The Bertz CT molecular complexity index is 324. The Kier molecular flexibility index (Phi) is 4.71. The van der Waals surface area contributed by atoms with E-state index in [1.807, 2.05) is 6.92 Å². The molecule has 1 amide bonds. The Balaban J connectivity index is 2.41. The number of carbonyl (C=O) groups excluding carboxylic acids is 1. The number of unbranched alkanes of at least 4 members (excludes halogenated alkanes) is 1. The molecule has 0 bridgehead atoms. The van der Waals surface area contributed by atoms with Crippen molar-refractivity contribution in [1.82, 2.24) is 4.98 Å². The minimum Gasteiger partial charge on any atom is -0.320 e. The Labute approximate surface area is 93.9 Å². The summed E-state index contributed by atoms with van der Waals surface area (Å²) in [5.74, 6) is -0.141. The molecule has 0 aliphatic rings. The predicted molar refractivity (Wildman–Crippen MR) is 63.0 cm³/mol. The molecule has 1 atom stereocenters. The number of aryl methyl sites for hydroxylation is 1. The number of thiazole rings is 1. The molecule has 1 heterocycles. The standard InChI is InChI=1S/C10H17N3OS/c1-3-4-5-8(11)9(14)13-10-12-6-7(2)15-10/h6,8H,3-5,11H2,1-2H3,(H,12,13,14). The minimum atomic E-state index is -0.422. The number of nitrogens with two attached hydrogens (primary N) is 1. The predicted octanol–water partition coefficient (Wildman–Crippen LogP) is 1.91. The van der Waals surface area contributed by atoms with Gasteiger partial charge in [0.05, 0.1) is 6.04 Å². The molecule has 1 aromatic rings. The van der Waals surface area contributed by atoms with Crippen LogP contribution in [0.5, 0.6) is 0 Å². The van der Waals surface area contributed by atoms with Crippen molar-refractivity contribution in [2.24, 2.45) is 5.73 Å². The van der Waals surface area contributed by atoms with Crippen LogP contribution in [-0.2, 0) is 4.79 Å². The molecule has 1 aromatic heterocycles. The summed E-state index contributed by atoms with van der Waals surface area (Å²) in [4.78, 5) is 16.7. The smallest absolute Gasteiger partial charge is 0.243 e. The maximum Gasteiger partial charge on any atom is 0.243 e. The Hall–Kier alpha value is -0.940. The van der Waals surface area contributed by atoms with Crippen LogP contribution in [0.15, 0.2) is 6.20 Å². The van der Waals surface area contributed by atoms with Crippen molar-refractivity contribution in [2.45, 2.75) is 39.2 Å². The molecule has 4 nitrogen and oxygen atoms in total. The van der Waals surface area contributed by atoms with Crippen molar-refractivity contribution >= 4 is 22.4 Å². The summed E-state index contributed by atoms with van der Waals surface area (Å²) >= 11 is 1.46. The lowest BCUT2D eigenvalue weighted by molar-refractivity contribution is -0.117. The van der Waals surface area contributed by atoms with Gasteiger partial charge in [0, 0.05) is 11.1 Å². The molecule has 0 radical (unpaired) electrons. The van der Waals surface area contributed by atoms with Gasteiger partial charge in [0.15, 0.2) is 5.13 Å². The molecule has 0 aromatic carbocycles. The van der Waals surface area contributed by atoms with Crippen LogP contribution in [0, 0.1) is 6.92 Å². The highest BCUT2D eigenvalue weighted by Crippen LogP contribution is 2.16. The van der Waals surface area contributed by atoms with E-state index in [-0.39, 0.29) is 5.91 Å². The lowest BCUT2D eigenvalue weighted by atomic mass is 10.1. The second-order valence-electron chi connectivity index (χ2n) is 3.51. The Morgan fingerprint density at radius 1 is 1.73 bits per heavy atom. The van der Waals surface area contributed by atoms with Crippen molar-refractivity contribution in [3.05, 3.63) is 11.1 Å². The van der Waals surface area contributed by atoms with Crippen molar-refractivity contribution in [3.8, 4) is 0 Å². The van der Waals surface area contributed by atoms with Crippen LogP contribution in [0.4, 0.5) is 5.13 Å². The molecule has 0 spiro atoms. The fourth-order valence-electron chi connectivity index (χ4n) is 1.17. The fourth-order valence-corrected chi connectivity index (χ4v) is 1.83. The summed E-state index contributed by atoms with van der Waals surface area (Å²) in [6, 6.07) is -0.422. The largest absolute Gasteiger partial charge is 0.320 e. The lowest BCUT2D eigenvalue weighted by Gasteiger charge is -2.09. The highest BCUT2D eigenvalue weighted by molar-refractivity contribution is 7.15. The molecule has 0 fully saturated rings. The monoisotopic (exact) mass is 227 g/mol. The van der Waals surface area contributed by atoms with Crippen molar-refractivity contribution < 1.29 is 4.79 Å². The highest BCUT2D eigenvalue weighted by Gasteiger charge is 2.13. The number of hydrogen-bond acceptors (Lipinski definition) is 4. The number of aromatic nitrogens is 1. The van der Waals surface area contributed by atoms with E-state index in [2.05, 4.69) is 17.2 Å². The first-order valence-electron chi connectivity index (χ1n) is 5.12. The number of nitrogens with zero attached hydrogens (tertiary/aromatic N) is 1. The molecule has 5 heteroatoms. The van der Waals surface area contributed by atoms with Gasteiger partial charge in [-0.15, -0.1) is 11.3 Å². The quantitative estimate of drug-likeness (QED) is 0.807. The number of carbonyl (C=O) groups is 1. The van der Waals surface area contributed by atoms with Crippen molar-refractivity contribution in [2.75, 3.05) is 5.32 Å². The van der Waals surface area contributed by atoms with Gasteiger partial charge in [-0.05, 0) is 13.3 Å². The van der Waals surface area contributed by atoms with Gasteiger partial charge in [-0.2, -0.15) is 0 Å². The highest BCUT2D eigenvalue weighted by atomic mass is 32.1. The van der Waals surface area contributed by atoms with E-state index in [1.165, 1.54) is 11.3 Å². The molecule has 84 valence electrons. The third-order valence-electron chi connectivity index (χ3n) is 2.06. The molecule has 1 unspecified atom stereocenters. The van der Waals surface area contributed by atoms with Crippen molar-refractivity contribution in [1.29, 1.82) is 0 Å². The third-order valence-corrected chi connectivity index (χ3v) is 2.89. The van der Waals surface area contributed by atoms with E-state index in [0.29, 0.717) is 5.13 Å². The van der Waals surface area contributed by atoms with Gasteiger partial charge >= 0.3 is 0 Å². The maximum absolute atomic E-state index is 11.6. The number of rotatable bonds is 5. The lowest BCUT2D eigenvalue weighted by Crippen LogP contribution is -2.35. The van der Waals surface area contributed by atoms with E-state index in [9.17, 15) is 4.79 Å². The Morgan fingerprint density at radius 2 is 2.47 bits per heavy atom. The molecule has 0 aliphatic carbocycles. The third kappa shape index (κ3) is 3.97. The fraction of sp³-hybridized carbons (Fsp3) is 0.600. The maximum atomic E-state index is 11.6. The second-order valence-corrected chi connectivity index (χ2v) is 4.75. The first kappa shape index (κ1) is 12.1. The van der Waals surface area contributed by atoms with Gasteiger partial charge in [0.25, 0.3) is 0 Å². The summed E-state index contributed by atoms with van der Waals surface area (Å²) in [5, 5.41) is 3.34. The van der Waals surface area contributed by atoms with Crippen LogP contribution in [0.3, 0.4) is 0 Å². The SMILES string of the molecule is CCCCC(N)C(=O)Nc1ncc(C)s1. The van der Waals surface area contributed by atoms with Gasteiger partial charge < -0.3 is 11.1 Å². The number of amides is 1. The van der Waals surface area contributed by atoms with E-state index in [4.69, 9.17) is 5.73 Å². The normalized spacial score (nSPS) is 12.5. The van der Waals surface area contributed by atoms with Gasteiger partial charge in [-0.25, -0.2) is 4.98 Å². The molecular formula is C10H17N3OS. The van der Waals surface area contributed by atoms with Crippen LogP contribution >= 0.6 is 11.3 Å². The van der Waals surface area contributed by atoms with Crippen LogP contribution < -0.4 is 11.1 Å².